The smallest absolute Gasteiger partial charge is 0.238 e. The first kappa shape index (κ1) is 22.1. The van der Waals surface area contributed by atoms with Crippen LogP contribution in [0.2, 0.25) is 0 Å². The molecule has 6 heteroatoms. The third kappa shape index (κ3) is 6.47. The van der Waals surface area contributed by atoms with Gasteiger partial charge in [0.1, 0.15) is 23.2 Å². The summed E-state index contributed by atoms with van der Waals surface area (Å²) in [6, 6.07) is 16.9. The molecule has 1 amide bonds. The largest absolute Gasteiger partial charge is 0.494 e. The minimum Gasteiger partial charge on any atom is -0.494 e. The number of likely N-dealkylation sites (tertiary alicyclic amines) is 1. The Morgan fingerprint density at radius 1 is 1.17 bits per heavy atom. The van der Waals surface area contributed by atoms with Crippen LogP contribution in [0.15, 0.2) is 54.6 Å². The van der Waals surface area contributed by atoms with Crippen LogP contribution in [0.3, 0.4) is 0 Å². The molecular weight excluding hydrogens is 380 g/mol. The summed E-state index contributed by atoms with van der Waals surface area (Å²) in [4.78, 5) is 14.4. The average Bonchev–Trinajstić information content (AvgIpc) is 2.72. The molecular formula is C24H32N2O4. The molecule has 3 rings (SSSR count). The molecule has 2 atom stereocenters. The van der Waals surface area contributed by atoms with Gasteiger partial charge in [-0.05, 0) is 56.2 Å². The minimum absolute atomic E-state index is 0.104. The van der Waals surface area contributed by atoms with E-state index in [1.54, 1.807) is 6.92 Å². The van der Waals surface area contributed by atoms with Crippen LogP contribution in [-0.4, -0.2) is 53.9 Å². The van der Waals surface area contributed by atoms with Crippen molar-refractivity contribution in [2.75, 3.05) is 31.6 Å². The normalized spacial score (nSPS) is 21.8. The summed E-state index contributed by atoms with van der Waals surface area (Å²) in [7, 11) is 0. The van der Waals surface area contributed by atoms with Crippen LogP contribution in [0, 0.1) is 0 Å². The predicted octanol–water partition coefficient (Wildman–Crippen LogP) is 3.71. The van der Waals surface area contributed by atoms with Crippen molar-refractivity contribution in [3.05, 3.63) is 54.6 Å². The van der Waals surface area contributed by atoms with E-state index in [9.17, 15) is 9.90 Å². The number of rotatable bonds is 9. The monoisotopic (exact) mass is 412 g/mol. The van der Waals surface area contributed by atoms with Crippen molar-refractivity contribution in [1.29, 1.82) is 0 Å². The lowest BCUT2D eigenvalue weighted by Crippen LogP contribution is -2.58. The molecule has 1 aliphatic rings. The number of benzene rings is 2. The number of piperidine rings is 1. The van der Waals surface area contributed by atoms with E-state index in [0.717, 1.165) is 30.0 Å². The lowest BCUT2D eigenvalue weighted by molar-refractivity contribution is -0.123. The number of hydrogen-bond donors (Lipinski definition) is 2. The number of nitrogens with one attached hydrogen (secondary N) is 1. The molecule has 1 heterocycles. The fraction of sp³-hybridized carbons (Fsp3) is 0.458. The van der Waals surface area contributed by atoms with Gasteiger partial charge in [-0.1, -0.05) is 31.5 Å². The van der Waals surface area contributed by atoms with Crippen molar-refractivity contribution in [3.63, 3.8) is 0 Å². The zero-order chi connectivity index (χ0) is 21.4. The number of β-amino-alcohol motifs (C(OH)–C–C–N with tert-alkyl or cyclic N) is 1. The summed E-state index contributed by atoms with van der Waals surface area (Å²) in [6.45, 7) is 5.88. The maximum absolute atomic E-state index is 12.5. The van der Waals surface area contributed by atoms with Crippen molar-refractivity contribution in [2.45, 2.75) is 44.8 Å². The second kappa shape index (κ2) is 10.5. The minimum atomic E-state index is -1.04. The molecule has 1 saturated heterocycles. The van der Waals surface area contributed by atoms with Crippen LogP contribution >= 0.6 is 0 Å². The molecule has 2 aromatic carbocycles. The molecule has 0 radical (unpaired) electrons. The van der Waals surface area contributed by atoms with Gasteiger partial charge < -0.3 is 19.9 Å². The quantitative estimate of drug-likeness (QED) is 0.615. The molecule has 1 fully saturated rings. The molecule has 0 aliphatic carbocycles. The molecule has 2 aromatic rings. The van der Waals surface area contributed by atoms with E-state index in [2.05, 4.69) is 12.2 Å². The van der Waals surface area contributed by atoms with E-state index >= 15 is 0 Å². The number of aliphatic hydroxyl groups is 1. The molecule has 0 aromatic heterocycles. The lowest BCUT2D eigenvalue weighted by Gasteiger charge is -2.42. The van der Waals surface area contributed by atoms with E-state index in [1.165, 1.54) is 0 Å². The number of amides is 1. The maximum Gasteiger partial charge on any atom is 0.238 e. The first-order valence-electron chi connectivity index (χ1n) is 10.7. The van der Waals surface area contributed by atoms with Crippen molar-refractivity contribution in [3.8, 4) is 11.5 Å². The molecule has 30 heavy (non-hydrogen) atoms. The number of carbonyl (C=O) groups is 1. The second-order valence-corrected chi connectivity index (χ2v) is 8.05. The van der Waals surface area contributed by atoms with E-state index in [-0.39, 0.29) is 18.6 Å². The number of carbonyl (C=O) groups excluding carboxylic acids is 1. The van der Waals surface area contributed by atoms with Crippen LogP contribution in [0.4, 0.5) is 5.69 Å². The molecule has 162 valence electrons. The average molecular weight is 413 g/mol. The Balaban J connectivity index is 1.47. The highest BCUT2D eigenvalue weighted by molar-refractivity contribution is 5.92. The van der Waals surface area contributed by atoms with Gasteiger partial charge in [-0.25, -0.2) is 0 Å². The Morgan fingerprint density at radius 2 is 1.90 bits per heavy atom. The van der Waals surface area contributed by atoms with E-state index in [1.807, 2.05) is 59.5 Å². The second-order valence-electron chi connectivity index (χ2n) is 8.05. The number of hydrogen-bond acceptors (Lipinski definition) is 5. The van der Waals surface area contributed by atoms with Crippen molar-refractivity contribution >= 4 is 11.6 Å². The highest BCUT2D eigenvalue weighted by Crippen LogP contribution is 2.26. The fourth-order valence-electron chi connectivity index (χ4n) is 3.60. The van der Waals surface area contributed by atoms with Gasteiger partial charge in [-0.3, -0.25) is 9.69 Å². The molecule has 0 saturated carbocycles. The van der Waals surface area contributed by atoms with Crippen LogP contribution in [0.25, 0.3) is 0 Å². The van der Waals surface area contributed by atoms with Crippen molar-refractivity contribution < 1.29 is 19.4 Å². The zero-order valence-electron chi connectivity index (χ0n) is 17.8. The van der Waals surface area contributed by atoms with Gasteiger partial charge >= 0.3 is 0 Å². The molecule has 0 bridgehead atoms. The first-order valence-corrected chi connectivity index (χ1v) is 10.7. The zero-order valence-corrected chi connectivity index (χ0v) is 17.8. The van der Waals surface area contributed by atoms with Gasteiger partial charge in [-0.15, -0.1) is 0 Å². The molecule has 0 unspecified atom stereocenters. The summed E-state index contributed by atoms with van der Waals surface area (Å²) >= 11 is 0. The number of ether oxygens (including phenoxy) is 2. The van der Waals surface area contributed by atoms with E-state index in [4.69, 9.17) is 9.47 Å². The van der Waals surface area contributed by atoms with Crippen LogP contribution < -0.4 is 14.8 Å². The third-order valence-corrected chi connectivity index (χ3v) is 5.24. The number of unbranched alkanes of at least 4 members (excludes halogenated alkanes) is 1. The summed E-state index contributed by atoms with van der Waals surface area (Å²) in [5.41, 5.74) is -0.303. The van der Waals surface area contributed by atoms with E-state index in [0.29, 0.717) is 26.1 Å². The van der Waals surface area contributed by atoms with Gasteiger partial charge in [0, 0.05) is 18.8 Å². The number of anilines is 1. The Morgan fingerprint density at radius 3 is 2.57 bits per heavy atom. The van der Waals surface area contributed by atoms with Crippen LogP contribution in [0.5, 0.6) is 11.5 Å². The number of nitrogens with zero attached hydrogens (tertiary/aromatic N) is 1. The van der Waals surface area contributed by atoms with Gasteiger partial charge in [0.25, 0.3) is 0 Å². The van der Waals surface area contributed by atoms with Gasteiger partial charge in [0.15, 0.2) is 0 Å². The predicted molar refractivity (Wildman–Crippen MR) is 118 cm³/mol. The summed E-state index contributed by atoms with van der Waals surface area (Å²) < 4.78 is 11.6. The topological polar surface area (TPSA) is 71.0 Å². The maximum atomic E-state index is 12.5. The number of para-hydroxylation sites is 1. The highest BCUT2D eigenvalue weighted by Gasteiger charge is 2.40. The molecule has 0 spiro atoms. The Kier molecular flexibility index (Phi) is 7.71. The Labute approximate surface area is 178 Å². The summed E-state index contributed by atoms with van der Waals surface area (Å²) in [5.74, 6) is 1.45. The van der Waals surface area contributed by atoms with E-state index < -0.39 is 5.60 Å². The van der Waals surface area contributed by atoms with Crippen molar-refractivity contribution in [2.24, 2.45) is 0 Å². The van der Waals surface area contributed by atoms with Crippen LogP contribution in [0.1, 0.15) is 33.1 Å². The Hall–Kier alpha value is -2.57. The van der Waals surface area contributed by atoms with Crippen LogP contribution in [-0.2, 0) is 4.79 Å². The standard InChI is InChI=1S/C24H32N2O4/c1-3-4-16-29-20-12-10-19(11-13-20)25-23(27)17-26-15-14-22(24(2,28)18-26)30-21-8-6-5-7-9-21/h5-13,22,28H,3-4,14-18H2,1-2H3,(H,25,27)/t22-,24-/m0/s1. The lowest BCUT2D eigenvalue weighted by atomic mass is 9.91. The SMILES string of the molecule is CCCCOc1ccc(NC(=O)CN2CC[C@H](Oc3ccccc3)[C@@](C)(O)C2)cc1. The molecule has 6 nitrogen and oxygen atoms in total. The third-order valence-electron chi connectivity index (χ3n) is 5.24. The molecule has 1 aliphatic heterocycles. The first-order chi connectivity index (χ1) is 14.5. The van der Waals surface area contributed by atoms with Gasteiger partial charge in [0.05, 0.1) is 13.2 Å². The summed E-state index contributed by atoms with van der Waals surface area (Å²) in [5, 5.41) is 13.8. The molecule has 2 N–H and O–H groups in total. The van der Waals surface area contributed by atoms with Crippen molar-refractivity contribution in [1.82, 2.24) is 4.90 Å². The fourth-order valence-corrected chi connectivity index (χ4v) is 3.60. The summed E-state index contributed by atoms with van der Waals surface area (Å²) in [6.07, 6.45) is 2.46. The highest BCUT2D eigenvalue weighted by atomic mass is 16.5. The van der Waals surface area contributed by atoms with Gasteiger partial charge in [0.2, 0.25) is 5.91 Å². The Bertz CT molecular complexity index is 793. The van der Waals surface area contributed by atoms with Gasteiger partial charge in [-0.2, -0.15) is 0 Å².